The first-order chi connectivity index (χ1) is 8.81. The summed E-state index contributed by atoms with van der Waals surface area (Å²) in [5.74, 6) is -0.163. The van der Waals surface area contributed by atoms with Gasteiger partial charge in [-0.3, -0.25) is 9.69 Å². The molecule has 0 N–H and O–H groups in total. The van der Waals surface area contributed by atoms with Crippen LogP contribution < -0.4 is 0 Å². The molecule has 1 aliphatic rings. The smallest absolute Gasteiger partial charge is 0.307 e. The van der Waals surface area contributed by atoms with E-state index in [1.54, 1.807) is 17.5 Å². The van der Waals surface area contributed by atoms with Gasteiger partial charge in [0.05, 0.1) is 32.3 Å². The van der Waals surface area contributed by atoms with Crippen molar-refractivity contribution in [3.63, 3.8) is 0 Å². The van der Waals surface area contributed by atoms with Gasteiger partial charge >= 0.3 is 5.97 Å². The second kappa shape index (κ2) is 6.82. The van der Waals surface area contributed by atoms with Gasteiger partial charge < -0.3 is 9.47 Å². The number of ether oxygens (including phenoxy) is 2. The molecule has 1 aliphatic heterocycles. The van der Waals surface area contributed by atoms with Gasteiger partial charge in [-0.25, -0.2) is 4.98 Å². The van der Waals surface area contributed by atoms with Crippen LogP contribution in [0.1, 0.15) is 24.4 Å². The maximum atomic E-state index is 11.7. The lowest BCUT2D eigenvalue weighted by Crippen LogP contribution is -2.40. The molecule has 0 spiro atoms. The number of hydrogen-bond acceptors (Lipinski definition) is 6. The first kappa shape index (κ1) is 13.5. The Kier molecular flexibility index (Phi) is 5.10. The molecule has 1 aromatic heterocycles. The normalized spacial score (nSPS) is 18.5. The van der Waals surface area contributed by atoms with E-state index in [2.05, 4.69) is 9.88 Å². The summed E-state index contributed by atoms with van der Waals surface area (Å²) in [4.78, 5) is 18.3. The van der Waals surface area contributed by atoms with Crippen molar-refractivity contribution in [3.8, 4) is 0 Å². The molecule has 100 valence electrons. The number of carbonyl (C=O) groups is 1. The minimum atomic E-state index is -0.163. The number of thiazole rings is 1. The Labute approximate surface area is 111 Å². The Balaban J connectivity index is 2.05. The van der Waals surface area contributed by atoms with Crippen LogP contribution in [-0.4, -0.2) is 48.8 Å². The van der Waals surface area contributed by atoms with Crippen LogP contribution in [0.15, 0.2) is 11.6 Å². The maximum Gasteiger partial charge on any atom is 0.307 e. The Bertz CT molecular complexity index is 363. The number of aromatic nitrogens is 1. The summed E-state index contributed by atoms with van der Waals surface area (Å²) in [5, 5.41) is 2.92. The zero-order valence-corrected chi connectivity index (χ0v) is 11.3. The number of esters is 1. The highest BCUT2D eigenvalue weighted by atomic mass is 32.1. The summed E-state index contributed by atoms with van der Waals surface area (Å²) in [7, 11) is 0. The van der Waals surface area contributed by atoms with Crippen LogP contribution >= 0.6 is 11.3 Å². The van der Waals surface area contributed by atoms with Gasteiger partial charge in [-0.05, 0) is 6.92 Å². The Hall–Kier alpha value is -0.980. The molecule has 1 aromatic rings. The van der Waals surface area contributed by atoms with Gasteiger partial charge in [-0.2, -0.15) is 0 Å². The standard InChI is InChI=1S/C12H18N2O3S/c1-2-17-11(15)9-10(12-13-3-8-18-12)14-4-6-16-7-5-14/h3,8,10H,2,4-7,9H2,1H3. The molecule has 1 fully saturated rings. The maximum absolute atomic E-state index is 11.7. The zero-order chi connectivity index (χ0) is 12.8. The van der Waals surface area contributed by atoms with Crippen LogP contribution in [0.3, 0.4) is 0 Å². The van der Waals surface area contributed by atoms with Crippen molar-refractivity contribution in [2.75, 3.05) is 32.9 Å². The number of carbonyl (C=O) groups excluding carboxylic acids is 1. The van der Waals surface area contributed by atoms with Gasteiger partial charge in [0.1, 0.15) is 5.01 Å². The largest absolute Gasteiger partial charge is 0.466 e. The zero-order valence-electron chi connectivity index (χ0n) is 10.5. The summed E-state index contributed by atoms with van der Waals surface area (Å²) >= 11 is 1.58. The monoisotopic (exact) mass is 270 g/mol. The average molecular weight is 270 g/mol. The number of rotatable bonds is 5. The summed E-state index contributed by atoms with van der Waals surface area (Å²) in [5.41, 5.74) is 0. The van der Waals surface area contributed by atoms with Crippen LogP contribution in [0.25, 0.3) is 0 Å². The molecule has 2 heterocycles. The van der Waals surface area contributed by atoms with Gasteiger partial charge in [0, 0.05) is 24.7 Å². The molecule has 0 aliphatic carbocycles. The van der Waals surface area contributed by atoms with E-state index < -0.39 is 0 Å². The molecular weight excluding hydrogens is 252 g/mol. The predicted molar refractivity (Wildman–Crippen MR) is 68.5 cm³/mol. The van der Waals surface area contributed by atoms with Crippen molar-refractivity contribution in [1.29, 1.82) is 0 Å². The summed E-state index contributed by atoms with van der Waals surface area (Å²) < 4.78 is 10.4. The molecule has 18 heavy (non-hydrogen) atoms. The highest BCUT2D eigenvalue weighted by Gasteiger charge is 2.27. The van der Waals surface area contributed by atoms with Crippen molar-refractivity contribution in [1.82, 2.24) is 9.88 Å². The van der Waals surface area contributed by atoms with Crippen LogP contribution in [-0.2, 0) is 14.3 Å². The Morgan fingerprint density at radius 1 is 1.61 bits per heavy atom. The lowest BCUT2D eigenvalue weighted by atomic mass is 10.1. The molecule has 0 aromatic carbocycles. The molecule has 5 nitrogen and oxygen atoms in total. The van der Waals surface area contributed by atoms with E-state index in [1.807, 2.05) is 12.3 Å². The van der Waals surface area contributed by atoms with Crippen LogP contribution in [0.2, 0.25) is 0 Å². The number of nitrogens with zero attached hydrogens (tertiary/aromatic N) is 2. The second-order valence-electron chi connectivity index (χ2n) is 4.04. The van der Waals surface area contributed by atoms with Gasteiger partial charge in [0.15, 0.2) is 0 Å². The third-order valence-corrected chi connectivity index (χ3v) is 3.77. The molecule has 1 saturated heterocycles. The molecule has 6 heteroatoms. The topological polar surface area (TPSA) is 51.7 Å². The number of hydrogen-bond donors (Lipinski definition) is 0. The minimum Gasteiger partial charge on any atom is -0.466 e. The Morgan fingerprint density at radius 3 is 3.00 bits per heavy atom. The molecule has 0 bridgehead atoms. The summed E-state index contributed by atoms with van der Waals surface area (Å²) in [6.07, 6.45) is 2.14. The van der Waals surface area contributed by atoms with E-state index in [4.69, 9.17) is 9.47 Å². The molecule has 0 radical (unpaired) electrons. The second-order valence-corrected chi connectivity index (χ2v) is 4.97. The molecule has 1 atom stereocenters. The van der Waals surface area contributed by atoms with E-state index in [0.717, 1.165) is 18.1 Å². The van der Waals surface area contributed by atoms with E-state index in [0.29, 0.717) is 26.2 Å². The van der Waals surface area contributed by atoms with E-state index in [-0.39, 0.29) is 12.0 Å². The molecule has 2 rings (SSSR count). The minimum absolute atomic E-state index is 0.0212. The number of morpholine rings is 1. The van der Waals surface area contributed by atoms with Gasteiger partial charge in [0.25, 0.3) is 0 Å². The SMILES string of the molecule is CCOC(=O)CC(c1nccs1)N1CCOCC1. The fourth-order valence-corrected chi connectivity index (χ4v) is 2.81. The third-order valence-electron chi connectivity index (χ3n) is 2.89. The van der Waals surface area contributed by atoms with Crippen LogP contribution in [0, 0.1) is 0 Å². The fourth-order valence-electron chi connectivity index (χ4n) is 2.04. The molecule has 1 unspecified atom stereocenters. The predicted octanol–water partition coefficient (Wildman–Crippen LogP) is 1.47. The molecular formula is C12H18N2O3S. The van der Waals surface area contributed by atoms with Crippen LogP contribution in [0.4, 0.5) is 0 Å². The van der Waals surface area contributed by atoms with Crippen molar-refractivity contribution in [2.45, 2.75) is 19.4 Å². The summed E-state index contributed by atoms with van der Waals surface area (Å²) in [6.45, 7) is 5.35. The van der Waals surface area contributed by atoms with Gasteiger partial charge in [-0.1, -0.05) is 0 Å². The van der Waals surface area contributed by atoms with Crippen molar-refractivity contribution in [2.24, 2.45) is 0 Å². The first-order valence-electron chi connectivity index (χ1n) is 6.18. The van der Waals surface area contributed by atoms with Crippen molar-refractivity contribution in [3.05, 3.63) is 16.6 Å². The lowest BCUT2D eigenvalue weighted by molar-refractivity contribution is -0.145. The van der Waals surface area contributed by atoms with Gasteiger partial charge in [-0.15, -0.1) is 11.3 Å². The van der Waals surface area contributed by atoms with Crippen molar-refractivity contribution >= 4 is 17.3 Å². The first-order valence-corrected chi connectivity index (χ1v) is 7.06. The van der Waals surface area contributed by atoms with Gasteiger partial charge in [0.2, 0.25) is 0 Å². The van der Waals surface area contributed by atoms with E-state index >= 15 is 0 Å². The summed E-state index contributed by atoms with van der Waals surface area (Å²) in [6, 6.07) is 0.0212. The highest BCUT2D eigenvalue weighted by Crippen LogP contribution is 2.27. The van der Waals surface area contributed by atoms with Crippen LogP contribution in [0.5, 0.6) is 0 Å². The third kappa shape index (κ3) is 3.51. The Morgan fingerprint density at radius 2 is 2.39 bits per heavy atom. The highest BCUT2D eigenvalue weighted by molar-refractivity contribution is 7.09. The van der Waals surface area contributed by atoms with Crippen molar-refractivity contribution < 1.29 is 14.3 Å². The van der Waals surface area contributed by atoms with E-state index in [9.17, 15) is 4.79 Å². The lowest BCUT2D eigenvalue weighted by Gasteiger charge is -2.32. The molecule has 0 amide bonds. The molecule has 0 saturated carbocycles. The fraction of sp³-hybridized carbons (Fsp3) is 0.667. The van der Waals surface area contributed by atoms with E-state index in [1.165, 1.54) is 0 Å². The average Bonchev–Trinajstić information content (AvgIpc) is 2.91. The quantitative estimate of drug-likeness (QED) is 0.758.